The van der Waals surface area contributed by atoms with Gasteiger partial charge in [0, 0.05) is 11.1 Å². The van der Waals surface area contributed by atoms with E-state index in [2.05, 4.69) is 33.0 Å². The summed E-state index contributed by atoms with van der Waals surface area (Å²) < 4.78 is 6.58. The number of piperidine rings is 1. The van der Waals surface area contributed by atoms with Crippen molar-refractivity contribution in [2.75, 3.05) is 33.4 Å². The molecule has 0 unspecified atom stereocenters. The monoisotopic (exact) mass is 459 g/mol. The fourth-order valence-corrected chi connectivity index (χ4v) is 5.04. The molecular formula is C22H35BrClNO2. The third kappa shape index (κ3) is 6.92. The average molecular weight is 461 g/mol. The van der Waals surface area contributed by atoms with Gasteiger partial charge in [0.2, 0.25) is 0 Å². The van der Waals surface area contributed by atoms with Crippen molar-refractivity contribution in [1.82, 2.24) is 4.90 Å². The van der Waals surface area contributed by atoms with E-state index in [1.807, 2.05) is 6.07 Å². The van der Waals surface area contributed by atoms with E-state index in [0.717, 1.165) is 24.0 Å². The van der Waals surface area contributed by atoms with Crippen LogP contribution in [0, 0.1) is 17.8 Å². The van der Waals surface area contributed by atoms with Crippen molar-refractivity contribution in [3.05, 3.63) is 28.2 Å². The highest BCUT2D eigenvalue weighted by atomic mass is 79.9. The van der Waals surface area contributed by atoms with Crippen LogP contribution in [0.5, 0.6) is 5.75 Å². The van der Waals surface area contributed by atoms with Crippen LogP contribution in [0.1, 0.15) is 50.5 Å². The van der Waals surface area contributed by atoms with Crippen LogP contribution in [0.3, 0.4) is 0 Å². The minimum atomic E-state index is 0. The van der Waals surface area contributed by atoms with Gasteiger partial charge in [-0.2, -0.15) is 0 Å². The molecule has 0 aromatic heterocycles. The number of methoxy groups -OCH3 is 1. The predicted octanol–water partition coefficient (Wildman–Crippen LogP) is 5.32. The summed E-state index contributed by atoms with van der Waals surface area (Å²) in [5.41, 5.74) is 1.38. The molecule has 1 aromatic rings. The second-order valence-corrected chi connectivity index (χ2v) is 9.16. The molecule has 0 bridgehead atoms. The first-order valence-corrected chi connectivity index (χ1v) is 11.1. The van der Waals surface area contributed by atoms with E-state index in [0.29, 0.717) is 12.5 Å². The summed E-state index contributed by atoms with van der Waals surface area (Å²) in [5, 5.41) is 9.27. The Hall–Kier alpha value is -0.290. The molecule has 2 aliphatic rings. The fraction of sp³-hybridized carbons (Fsp3) is 0.727. The number of likely N-dealkylation sites (tertiary alicyclic amines) is 1. The van der Waals surface area contributed by atoms with Crippen LogP contribution in [0.15, 0.2) is 22.7 Å². The summed E-state index contributed by atoms with van der Waals surface area (Å²) in [6.07, 6.45) is 10.2. The maximum absolute atomic E-state index is 9.27. The second-order valence-electron chi connectivity index (χ2n) is 8.30. The topological polar surface area (TPSA) is 32.7 Å². The largest absolute Gasteiger partial charge is 0.497 e. The molecule has 0 radical (unpaired) electrons. The van der Waals surface area contributed by atoms with Crippen LogP contribution < -0.4 is 4.74 Å². The first-order valence-electron chi connectivity index (χ1n) is 10.3. The Morgan fingerprint density at radius 2 is 1.70 bits per heavy atom. The standard InChI is InChI=1S/C22H34BrNO2.ClH/c1-26-21-6-7-22(23)20(15-21)14-18-9-12-24(13-10-18)11-8-17-2-4-19(16-25)5-3-17;/h6-7,15,17-19,25H,2-5,8-14,16H2,1H3;1H/t17-,19+;. The average Bonchev–Trinajstić information content (AvgIpc) is 2.69. The van der Waals surface area contributed by atoms with Crippen LogP contribution in [0.2, 0.25) is 0 Å². The molecule has 154 valence electrons. The van der Waals surface area contributed by atoms with Gasteiger partial charge in [-0.15, -0.1) is 12.4 Å². The lowest BCUT2D eigenvalue weighted by atomic mass is 9.80. The Morgan fingerprint density at radius 1 is 1.04 bits per heavy atom. The summed E-state index contributed by atoms with van der Waals surface area (Å²) in [5.74, 6) is 3.22. The molecule has 27 heavy (non-hydrogen) atoms. The molecule has 0 amide bonds. The number of halogens is 2. The molecule has 2 fully saturated rings. The number of aliphatic hydroxyl groups excluding tert-OH is 1. The molecule has 1 aliphatic heterocycles. The molecule has 1 aromatic carbocycles. The lowest BCUT2D eigenvalue weighted by Gasteiger charge is -2.34. The van der Waals surface area contributed by atoms with E-state index in [1.54, 1.807) is 7.11 Å². The van der Waals surface area contributed by atoms with Crippen LogP contribution >= 0.6 is 28.3 Å². The van der Waals surface area contributed by atoms with Crippen LogP contribution in [-0.4, -0.2) is 43.4 Å². The molecule has 3 nitrogen and oxygen atoms in total. The van der Waals surface area contributed by atoms with Gasteiger partial charge in [0.15, 0.2) is 0 Å². The van der Waals surface area contributed by atoms with E-state index >= 15 is 0 Å². The van der Waals surface area contributed by atoms with Gasteiger partial charge in [-0.3, -0.25) is 0 Å². The van der Waals surface area contributed by atoms with Gasteiger partial charge in [-0.25, -0.2) is 0 Å². The number of ether oxygens (including phenoxy) is 1. The molecule has 1 heterocycles. The Morgan fingerprint density at radius 3 is 2.33 bits per heavy atom. The number of aliphatic hydroxyl groups is 1. The lowest BCUT2D eigenvalue weighted by Crippen LogP contribution is -2.36. The highest BCUT2D eigenvalue weighted by Gasteiger charge is 2.23. The van der Waals surface area contributed by atoms with Crippen molar-refractivity contribution < 1.29 is 9.84 Å². The van der Waals surface area contributed by atoms with Crippen LogP contribution in [0.4, 0.5) is 0 Å². The highest BCUT2D eigenvalue weighted by Crippen LogP contribution is 2.32. The van der Waals surface area contributed by atoms with Gasteiger partial charge >= 0.3 is 0 Å². The van der Waals surface area contributed by atoms with Crippen molar-refractivity contribution in [2.24, 2.45) is 17.8 Å². The molecule has 1 N–H and O–H groups in total. The SMILES string of the molecule is COc1ccc(Br)c(CC2CCN(CC[C@H]3CC[C@@H](CO)CC3)CC2)c1.Cl. The maximum Gasteiger partial charge on any atom is 0.119 e. The number of rotatable bonds is 7. The van der Waals surface area contributed by atoms with Crippen molar-refractivity contribution in [3.8, 4) is 5.75 Å². The molecule has 1 saturated carbocycles. The summed E-state index contributed by atoms with van der Waals surface area (Å²) in [6, 6.07) is 6.30. The Labute approximate surface area is 179 Å². The predicted molar refractivity (Wildman–Crippen MR) is 118 cm³/mol. The highest BCUT2D eigenvalue weighted by molar-refractivity contribution is 9.10. The second kappa shape index (κ2) is 11.6. The summed E-state index contributed by atoms with van der Waals surface area (Å²) in [4.78, 5) is 2.68. The number of nitrogens with zero attached hydrogens (tertiary/aromatic N) is 1. The van der Waals surface area contributed by atoms with E-state index in [4.69, 9.17) is 4.74 Å². The van der Waals surface area contributed by atoms with Crippen molar-refractivity contribution in [3.63, 3.8) is 0 Å². The first kappa shape index (κ1) is 23.0. The van der Waals surface area contributed by atoms with E-state index < -0.39 is 0 Å². The molecule has 1 aliphatic carbocycles. The molecule has 0 atom stereocenters. The van der Waals surface area contributed by atoms with E-state index in [-0.39, 0.29) is 12.4 Å². The number of benzene rings is 1. The minimum absolute atomic E-state index is 0. The molecule has 5 heteroatoms. The third-order valence-corrected chi connectivity index (χ3v) is 7.32. The summed E-state index contributed by atoms with van der Waals surface area (Å²) >= 11 is 3.69. The summed E-state index contributed by atoms with van der Waals surface area (Å²) in [7, 11) is 1.74. The van der Waals surface area contributed by atoms with Gasteiger partial charge < -0.3 is 14.7 Å². The Kier molecular flexibility index (Phi) is 9.92. The number of hydrogen-bond donors (Lipinski definition) is 1. The van der Waals surface area contributed by atoms with Gasteiger partial charge in [-0.1, -0.05) is 28.8 Å². The van der Waals surface area contributed by atoms with Gasteiger partial charge in [0.1, 0.15) is 5.75 Å². The lowest BCUT2D eigenvalue weighted by molar-refractivity contribution is 0.141. The molecule has 1 saturated heterocycles. The van der Waals surface area contributed by atoms with Crippen LogP contribution in [0.25, 0.3) is 0 Å². The molecule has 0 spiro atoms. The smallest absolute Gasteiger partial charge is 0.119 e. The quantitative estimate of drug-likeness (QED) is 0.597. The zero-order chi connectivity index (χ0) is 18.4. The van der Waals surface area contributed by atoms with E-state index in [9.17, 15) is 5.11 Å². The van der Waals surface area contributed by atoms with Gasteiger partial charge in [0.05, 0.1) is 7.11 Å². The van der Waals surface area contributed by atoms with E-state index in [1.165, 1.54) is 74.6 Å². The molecular weight excluding hydrogens is 426 g/mol. The maximum atomic E-state index is 9.27. The number of hydrogen-bond acceptors (Lipinski definition) is 3. The summed E-state index contributed by atoms with van der Waals surface area (Å²) in [6.45, 7) is 4.16. The zero-order valence-corrected chi connectivity index (χ0v) is 18.9. The fourth-order valence-electron chi connectivity index (χ4n) is 4.63. The first-order chi connectivity index (χ1) is 12.7. The third-order valence-electron chi connectivity index (χ3n) is 6.55. The van der Waals surface area contributed by atoms with Crippen LogP contribution in [-0.2, 0) is 6.42 Å². The minimum Gasteiger partial charge on any atom is -0.497 e. The normalized spacial score (nSPS) is 24.4. The van der Waals surface area contributed by atoms with Gasteiger partial charge in [-0.05, 0) is 99.7 Å². The zero-order valence-electron chi connectivity index (χ0n) is 16.5. The van der Waals surface area contributed by atoms with Crippen molar-refractivity contribution >= 4 is 28.3 Å². The molecule has 3 rings (SSSR count). The van der Waals surface area contributed by atoms with Crippen molar-refractivity contribution in [2.45, 2.75) is 51.4 Å². The Balaban J connectivity index is 0.00000261. The van der Waals surface area contributed by atoms with Gasteiger partial charge in [0.25, 0.3) is 0 Å². The van der Waals surface area contributed by atoms with Crippen molar-refractivity contribution in [1.29, 1.82) is 0 Å². The Bertz CT molecular complexity index is 555.